The van der Waals surface area contributed by atoms with Crippen LogP contribution in [0.1, 0.15) is 5.56 Å². The normalized spacial score (nSPS) is 10.8. The van der Waals surface area contributed by atoms with E-state index in [0.717, 1.165) is 16.8 Å². The third kappa shape index (κ3) is 1.95. The summed E-state index contributed by atoms with van der Waals surface area (Å²) in [6, 6.07) is 7.56. The highest BCUT2D eigenvalue weighted by Gasteiger charge is 2.13. The van der Waals surface area contributed by atoms with Gasteiger partial charge in [-0.25, -0.2) is 0 Å². The number of nitrogens with zero attached hydrogens (tertiary/aromatic N) is 6. The number of anilines is 1. The van der Waals surface area contributed by atoms with Crippen LogP contribution in [0.3, 0.4) is 0 Å². The molecule has 0 saturated carbocycles. The quantitative estimate of drug-likeness (QED) is 0.689. The molecule has 0 saturated heterocycles. The fourth-order valence-corrected chi connectivity index (χ4v) is 1.85. The Morgan fingerprint density at radius 1 is 1.21 bits per heavy atom. The van der Waals surface area contributed by atoms with Gasteiger partial charge in [-0.2, -0.15) is 9.78 Å². The fourth-order valence-electron chi connectivity index (χ4n) is 1.85. The highest BCUT2D eigenvalue weighted by molar-refractivity contribution is 5.62. The van der Waals surface area contributed by atoms with Gasteiger partial charge in [0, 0.05) is 30.6 Å². The van der Waals surface area contributed by atoms with Crippen LogP contribution < -0.4 is 5.73 Å². The van der Waals surface area contributed by atoms with Crippen molar-refractivity contribution in [2.75, 3.05) is 5.73 Å². The van der Waals surface area contributed by atoms with Crippen LogP contribution in [0.4, 0.5) is 5.69 Å². The van der Waals surface area contributed by atoms with Crippen LogP contribution in [0, 0.1) is 6.92 Å². The Labute approximate surface area is 109 Å². The predicted molar refractivity (Wildman–Crippen MR) is 70.5 cm³/mol. The van der Waals surface area contributed by atoms with Gasteiger partial charge in [0.2, 0.25) is 0 Å². The summed E-state index contributed by atoms with van der Waals surface area (Å²) in [5.41, 5.74) is 8.47. The molecule has 0 aliphatic carbocycles. The summed E-state index contributed by atoms with van der Waals surface area (Å²) in [6.07, 6.45) is 1.84. The molecular formula is C12H13N7. The second kappa shape index (κ2) is 4.20. The van der Waals surface area contributed by atoms with Gasteiger partial charge in [-0.3, -0.25) is 4.68 Å². The van der Waals surface area contributed by atoms with Crippen LogP contribution in [0.2, 0.25) is 0 Å². The lowest BCUT2D eigenvalue weighted by atomic mass is 10.1. The zero-order valence-corrected chi connectivity index (χ0v) is 10.6. The maximum Gasteiger partial charge on any atom is 0.188 e. The van der Waals surface area contributed by atoms with Crippen LogP contribution in [-0.2, 0) is 7.05 Å². The Balaban J connectivity index is 2.11. The van der Waals surface area contributed by atoms with E-state index in [1.54, 1.807) is 9.36 Å². The van der Waals surface area contributed by atoms with E-state index < -0.39 is 0 Å². The zero-order chi connectivity index (χ0) is 13.4. The average Bonchev–Trinajstić information content (AvgIpc) is 3.00. The number of aromatic nitrogens is 6. The first-order valence-corrected chi connectivity index (χ1v) is 5.80. The minimum atomic E-state index is 0.641. The SMILES string of the molecule is Cc1cc(-c2nnnn2-c2ccn(C)n2)ccc1N. The number of rotatable bonds is 2. The molecule has 0 atom stereocenters. The van der Waals surface area contributed by atoms with Gasteiger partial charge < -0.3 is 5.73 Å². The highest BCUT2D eigenvalue weighted by atomic mass is 15.6. The summed E-state index contributed by atoms with van der Waals surface area (Å²) in [4.78, 5) is 0. The molecule has 3 rings (SSSR count). The topological polar surface area (TPSA) is 87.4 Å². The second-order valence-electron chi connectivity index (χ2n) is 4.33. The van der Waals surface area contributed by atoms with Crippen LogP contribution in [0.5, 0.6) is 0 Å². The molecule has 0 radical (unpaired) electrons. The number of hydrogen-bond donors (Lipinski definition) is 1. The van der Waals surface area contributed by atoms with Crippen LogP contribution in [0.15, 0.2) is 30.5 Å². The molecule has 0 aliphatic rings. The Kier molecular flexibility index (Phi) is 2.52. The molecule has 1 aromatic carbocycles. The molecule has 0 unspecified atom stereocenters. The van der Waals surface area contributed by atoms with Gasteiger partial charge in [0.05, 0.1) is 0 Å². The van der Waals surface area contributed by atoms with E-state index in [0.29, 0.717) is 11.6 Å². The van der Waals surface area contributed by atoms with Crippen LogP contribution in [-0.4, -0.2) is 30.0 Å². The monoisotopic (exact) mass is 255 g/mol. The maximum absolute atomic E-state index is 5.82. The molecule has 2 aromatic heterocycles. The second-order valence-corrected chi connectivity index (χ2v) is 4.33. The van der Waals surface area contributed by atoms with Gasteiger partial charge in [0.1, 0.15) is 0 Å². The molecular weight excluding hydrogens is 242 g/mol. The summed E-state index contributed by atoms with van der Waals surface area (Å²) in [5.74, 6) is 1.32. The number of hydrogen-bond acceptors (Lipinski definition) is 5. The van der Waals surface area contributed by atoms with Gasteiger partial charge in [-0.1, -0.05) is 0 Å². The first-order chi connectivity index (χ1) is 9.15. The van der Waals surface area contributed by atoms with E-state index in [2.05, 4.69) is 20.6 Å². The third-order valence-electron chi connectivity index (χ3n) is 2.91. The van der Waals surface area contributed by atoms with Crippen molar-refractivity contribution in [3.63, 3.8) is 0 Å². The summed E-state index contributed by atoms with van der Waals surface area (Å²) < 4.78 is 3.31. The minimum absolute atomic E-state index is 0.641. The molecule has 96 valence electrons. The van der Waals surface area contributed by atoms with Crippen molar-refractivity contribution >= 4 is 5.69 Å². The Hall–Kier alpha value is -2.70. The molecule has 7 nitrogen and oxygen atoms in total. The number of nitrogen functional groups attached to an aromatic ring is 1. The fraction of sp³-hybridized carbons (Fsp3) is 0.167. The standard InChI is InChI=1S/C12H13N7/c1-8-7-9(3-4-10(8)13)12-14-16-17-19(12)11-5-6-18(2)15-11/h3-7H,13H2,1-2H3. The van der Waals surface area contributed by atoms with E-state index in [4.69, 9.17) is 5.73 Å². The van der Waals surface area contributed by atoms with E-state index >= 15 is 0 Å². The highest BCUT2D eigenvalue weighted by Crippen LogP contribution is 2.22. The molecule has 0 bridgehead atoms. The molecule has 0 amide bonds. The zero-order valence-electron chi connectivity index (χ0n) is 10.6. The minimum Gasteiger partial charge on any atom is -0.399 e. The molecule has 3 aromatic rings. The van der Waals surface area contributed by atoms with Gasteiger partial charge in [-0.05, 0) is 41.1 Å². The van der Waals surface area contributed by atoms with Gasteiger partial charge in [0.25, 0.3) is 0 Å². The molecule has 0 aliphatic heterocycles. The first-order valence-electron chi connectivity index (χ1n) is 5.80. The molecule has 2 heterocycles. The van der Waals surface area contributed by atoms with Gasteiger partial charge in [-0.15, -0.1) is 5.10 Å². The molecule has 2 N–H and O–H groups in total. The lowest BCUT2D eigenvalue weighted by Crippen LogP contribution is -2.02. The Morgan fingerprint density at radius 2 is 2.05 bits per heavy atom. The molecule has 19 heavy (non-hydrogen) atoms. The van der Waals surface area contributed by atoms with E-state index in [1.165, 1.54) is 0 Å². The maximum atomic E-state index is 5.82. The van der Waals surface area contributed by atoms with Crippen molar-refractivity contribution in [3.8, 4) is 17.2 Å². The molecule has 7 heteroatoms. The van der Waals surface area contributed by atoms with Crippen molar-refractivity contribution in [1.82, 2.24) is 30.0 Å². The third-order valence-corrected chi connectivity index (χ3v) is 2.91. The predicted octanol–water partition coefficient (Wildman–Crippen LogP) is 0.953. The average molecular weight is 255 g/mol. The lowest BCUT2D eigenvalue weighted by molar-refractivity contribution is 0.715. The van der Waals surface area contributed by atoms with Crippen molar-refractivity contribution < 1.29 is 0 Å². The largest absolute Gasteiger partial charge is 0.399 e. The number of benzene rings is 1. The van der Waals surface area contributed by atoms with Gasteiger partial charge >= 0.3 is 0 Å². The van der Waals surface area contributed by atoms with Crippen molar-refractivity contribution in [2.45, 2.75) is 6.92 Å². The number of nitrogens with two attached hydrogens (primary N) is 1. The van der Waals surface area contributed by atoms with E-state index in [-0.39, 0.29) is 0 Å². The molecule has 0 fully saturated rings. The Morgan fingerprint density at radius 3 is 2.74 bits per heavy atom. The van der Waals surface area contributed by atoms with Crippen LogP contribution >= 0.6 is 0 Å². The van der Waals surface area contributed by atoms with Crippen molar-refractivity contribution in [1.29, 1.82) is 0 Å². The number of aryl methyl sites for hydroxylation is 2. The van der Waals surface area contributed by atoms with Gasteiger partial charge in [0.15, 0.2) is 11.6 Å². The van der Waals surface area contributed by atoms with Crippen LogP contribution in [0.25, 0.3) is 17.2 Å². The summed E-state index contributed by atoms with van der Waals surface area (Å²) in [6.45, 7) is 1.95. The van der Waals surface area contributed by atoms with E-state index in [9.17, 15) is 0 Å². The summed E-state index contributed by atoms with van der Waals surface area (Å²) in [7, 11) is 1.85. The van der Waals surface area contributed by atoms with Crippen molar-refractivity contribution in [3.05, 3.63) is 36.0 Å². The summed E-state index contributed by atoms with van der Waals surface area (Å²) >= 11 is 0. The summed E-state index contributed by atoms with van der Waals surface area (Å²) in [5, 5.41) is 16.0. The number of tetrazole rings is 1. The smallest absolute Gasteiger partial charge is 0.188 e. The lowest BCUT2D eigenvalue weighted by Gasteiger charge is -2.04. The Bertz CT molecular complexity index is 725. The van der Waals surface area contributed by atoms with Crippen molar-refractivity contribution in [2.24, 2.45) is 7.05 Å². The van der Waals surface area contributed by atoms with E-state index in [1.807, 2.05) is 44.4 Å². The molecule has 0 spiro atoms. The first kappa shape index (κ1) is 11.4.